The van der Waals surface area contributed by atoms with Crippen LogP contribution in [-0.4, -0.2) is 26.9 Å². The highest BCUT2D eigenvalue weighted by Crippen LogP contribution is 2.18. The first-order valence-corrected chi connectivity index (χ1v) is 7.67. The van der Waals surface area contributed by atoms with Crippen LogP contribution >= 0.6 is 15.9 Å². The second-order valence-corrected chi connectivity index (χ2v) is 5.39. The third-order valence-corrected chi connectivity index (χ3v) is 3.55. The van der Waals surface area contributed by atoms with E-state index >= 15 is 0 Å². The second kappa shape index (κ2) is 8.70. The summed E-state index contributed by atoms with van der Waals surface area (Å²) in [6.07, 6.45) is 0.836. The number of hydrogen-bond acceptors (Lipinski definition) is 3. The van der Waals surface area contributed by atoms with Crippen molar-refractivity contribution in [2.75, 3.05) is 26.9 Å². The number of halogens is 1. The van der Waals surface area contributed by atoms with Crippen LogP contribution in [0, 0.1) is 0 Å². The molecule has 0 radical (unpaired) electrons. The summed E-state index contributed by atoms with van der Waals surface area (Å²) in [7, 11) is 1.69. The third-order valence-electron chi connectivity index (χ3n) is 3.02. The van der Waals surface area contributed by atoms with Crippen LogP contribution in [0.15, 0.2) is 53.0 Å². The van der Waals surface area contributed by atoms with E-state index in [0.29, 0.717) is 19.8 Å². The minimum Gasteiger partial charge on any atom is -0.496 e. The van der Waals surface area contributed by atoms with Crippen LogP contribution in [0.3, 0.4) is 0 Å². The first-order chi connectivity index (χ1) is 10.3. The van der Waals surface area contributed by atoms with Crippen LogP contribution in [0.4, 0.5) is 0 Å². The molecule has 0 fully saturated rings. The summed E-state index contributed by atoms with van der Waals surface area (Å²) in [6.45, 7) is 1.78. The van der Waals surface area contributed by atoms with Gasteiger partial charge in [0.2, 0.25) is 0 Å². The van der Waals surface area contributed by atoms with Crippen molar-refractivity contribution in [1.82, 2.24) is 0 Å². The predicted molar refractivity (Wildman–Crippen MR) is 87.2 cm³/mol. The maximum Gasteiger partial charge on any atom is 0.122 e. The highest BCUT2D eigenvalue weighted by molar-refractivity contribution is 9.10. The number of hydrogen-bond donors (Lipinski definition) is 0. The van der Waals surface area contributed by atoms with Gasteiger partial charge < -0.3 is 14.2 Å². The van der Waals surface area contributed by atoms with Crippen LogP contribution < -0.4 is 9.47 Å². The van der Waals surface area contributed by atoms with Gasteiger partial charge in [-0.05, 0) is 42.3 Å². The van der Waals surface area contributed by atoms with Gasteiger partial charge in [-0.3, -0.25) is 0 Å². The fraction of sp³-hybridized carbons (Fsp3) is 0.294. The van der Waals surface area contributed by atoms with Crippen molar-refractivity contribution in [3.05, 3.63) is 58.6 Å². The Morgan fingerprint density at radius 1 is 0.905 bits per heavy atom. The number of rotatable bonds is 8. The van der Waals surface area contributed by atoms with Crippen molar-refractivity contribution in [1.29, 1.82) is 0 Å². The third kappa shape index (κ3) is 5.40. The van der Waals surface area contributed by atoms with Crippen LogP contribution in [0.25, 0.3) is 0 Å². The largest absolute Gasteiger partial charge is 0.496 e. The maximum absolute atomic E-state index is 5.59. The molecule has 112 valence electrons. The molecule has 0 N–H and O–H groups in total. The minimum atomic E-state index is 0.549. The highest BCUT2D eigenvalue weighted by atomic mass is 79.9. The molecule has 0 heterocycles. The van der Waals surface area contributed by atoms with Gasteiger partial charge in [0.05, 0.1) is 20.3 Å². The second-order valence-electron chi connectivity index (χ2n) is 4.48. The van der Waals surface area contributed by atoms with E-state index < -0.39 is 0 Å². The molecule has 0 unspecified atom stereocenters. The van der Waals surface area contributed by atoms with Crippen molar-refractivity contribution >= 4 is 15.9 Å². The van der Waals surface area contributed by atoms with E-state index in [1.54, 1.807) is 7.11 Å². The maximum atomic E-state index is 5.59. The van der Waals surface area contributed by atoms with Gasteiger partial charge in [0.1, 0.15) is 18.1 Å². The zero-order chi connectivity index (χ0) is 14.9. The Bertz CT molecular complexity index is 540. The van der Waals surface area contributed by atoms with Gasteiger partial charge in [0.25, 0.3) is 0 Å². The van der Waals surface area contributed by atoms with Crippen molar-refractivity contribution in [3.8, 4) is 11.5 Å². The van der Waals surface area contributed by atoms with Gasteiger partial charge in [0.15, 0.2) is 0 Å². The molecule has 0 saturated heterocycles. The molecule has 0 aliphatic carbocycles. The average molecular weight is 351 g/mol. The van der Waals surface area contributed by atoms with E-state index in [9.17, 15) is 0 Å². The molecule has 4 heteroatoms. The SMILES string of the molecule is COc1ccccc1CCOCCOc1ccc(Br)cc1. The first-order valence-electron chi connectivity index (χ1n) is 6.87. The molecular formula is C17H19BrO3. The Hall–Kier alpha value is -1.52. The topological polar surface area (TPSA) is 27.7 Å². The Labute approximate surface area is 134 Å². The van der Waals surface area contributed by atoms with Crippen molar-refractivity contribution in [3.63, 3.8) is 0 Å². The van der Waals surface area contributed by atoms with E-state index in [4.69, 9.17) is 14.2 Å². The van der Waals surface area contributed by atoms with Crippen LogP contribution in [-0.2, 0) is 11.2 Å². The summed E-state index contributed by atoms with van der Waals surface area (Å²) < 4.78 is 17.5. The van der Waals surface area contributed by atoms with Gasteiger partial charge in [0, 0.05) is 4.47 Å². The monoisotopic (exact) mass is 350 g/mol. The van der Waals surface area contributed by atoms with Crippen LogP contribution in [0.1, 0.15) is 5.56 Å². The quantitative estimate of drug-likeness (QED) is 0.671. The molecule has 0 atom stereocenters. The lowest BCUT2D eigenvalue weighted by molar-refractivity contribution is 0.102. The van der Waals surface area contributed by atoms with Crippen molar-refractivity contribution < 1.29 is 14.2 Å². The first kappa shape index (κ1) is 15.9. The van der Waals surface area contributed by atoms with Gasteiger partial charge in [-0.1, -0.05) is 34.1 Å². The minimum absolute atomic E-state index is 0.549. The van der Waals surface area contributed by atoms with Crippen LogP contribution in [0.5, 0.6) is 11.5 Å². The molecule has 0 aliphatic rings. The molecule has 3 nitrogen and oxygen atoms in total. The molecule has 0 spiro atoms. The average Bonchev–Trinajstić information content (AvgIpc) is 2.53. The molecule has 0 aromatic heterocycles. The lowest BCUT2D eigenvalue weighted by Crippen LogP contribution is -2.09. The molecule has 2 aromatic carbocycles. The predicted octanol–water partition coefficient (Wildman–Crippen LogP) is 4.10. The smallest absolute Gasteiger partial charge is 0.122 e. The Kier molecular flexibility index (Phi) is 6.57. The van der Waals surface area contributed by atoms with Crippen molar-refractivity contribution in [2.24, 2.45) is 0 Å². The Balaban J connectivity index is 1.63. The summed E-state index contributed by atoms with van der Waals surface area (Å²) in [5.74, 6) is 1.76. The van der Waals surface area contributed by atoms with E-state index in [0.717, 1.165) is 28.0 Å². The van der Waals surface area contributed by atoms with Gasteiger partial charge in [-0.2, -0.15) is 0 Å². The molecule has 0 aliphatic heterocycles. The summed E-state index contributed by atoms with van der Waals surface area (Å²) in [4.78, 5) is 0. The Morgan fingerprint density at radius 3 is 2.43 bits per heavy atom. The van der Waals surface area contributed by atoms with Crippen LogP contribution in [0.2, 0.25) is 0 Å². The fourth-order valence-corrected chi connectivity index (χ4v) is 2.21. The lowest BCUT2D eigenvalue weighted by Gasteiger charge is -2.09. The van der Waals surface area contributed by atoms with E-state index in [2.05, 4.69) is 22.0 Å². The molecular weight excluding hydrogens is 332 g/mol. The molecule has 0 amide bonds. The lowest BCUT2D eigenvalue weighted by atomic mass is 10.1. The van der Waals surface area contributed by atoms with Gasteiger partial charge in [-0.25, -0.2) is 0 Å². The fourth-order valence-electron chi connectivity index (χ4n) is 1.94. The zero-order valence-corrected chi connectivity index (χ0v) is 13.6. The number of benzene rings is 2. The molecule has 0 bridgehead atoms. The summed E-state index contributed by atoms with van der Waals surface area (Å²) >= 11 is 3.39. The van der Waals surface area contributed by atoms with E-state index in [1.165, 1.54) is 0 Å². The highest BCUT2D eigenvalue weighted by Gasteiger charge is 2.01. The number of ether oxygens (including phenoxy) is 3. The van der Waals surface area contributed by atoms with E-state index in [-0.39, 0.29) is 0 Å². The van der Waals surface area contributed by atoms with Crippen molar-refractivity contribution in [2.45, 2.75) is 6.42 Å². The summed E-state index contributed by atoms with van der Waals surface area (Å²) in [5, 5.41) is 0. The molecule has 2 rings (SSSR count). The number of para-hydroxylation sites is 1. The summed E-state index contributed by atoms with van der Waals surface area (Å²) in [5.41, 5.74) is 1.16. The molecule has 21 heavy (non-hydrogen) atoms. The normalized spacial score (nSPS) is 10.4. The standard InChI is InChI=1S/C17H19BrO3/c1-19-17-5-3-2-4-14(17)10-11-20-12-13-21-16-8-6-15(18)7-9-16/h2-9H,10-13H2,1H3. The zero-order valence-electron chi connectivity index (χ0n) is 12.0. The van der Waals surface area contributed by atoms with Gasteiger partial charge >= 0.3 is 0 Å². The van der Waals surface area contributed by atoms with Gasteiger partial charge in [-0.15, -0.1) is 0 Å². The number of methoxy groups -OCH3 is 1. The molecule has 2 aromatic rings. The molecule has 0 saturated carbocycles. The van der Waals surface area contributed by atoms with E-state index in [1.807, 2.05) is 42.5 Å². The summed E-state index contributed by atoms with van der Waals surface area (Å²) in [6, 6.07) is 15.8. The Morgan fingerprint density at radius 2 is 1.67 bits per heavy atom.